The summed E-state index contributed by atoms with van der Waals surface area (Å²) < 4.78 is 70.1. The third-order valence-corrected chi connectivity index (χ3v) is 17.3. The Morgan fingerprint density at radius 1 is 0.902 bits per heavy atom. The number of cyclic esters (lactones) is 1. The minimum absolute atomic E-state index is 0.0216. The fourth-order valence-electron chi connectivity index (χ4n) is 11.9. The number of hydrogen-bond acceptors (Lipinski definition) is 19. The molecule has 21 heteroatoms. The second-order valence-electron chi connectivity index (χ2n) is 23.5. The van der Waals surface area contributed by atoms with Crippen LogP contribution in [0.2, 0.25) is 0 Å². The lowest BCUT2D eigenvalue weighted by Crippen LogP contribution is -2.61. The summed E-state index contributed by atoms with van der Waals surface area (Å²) in [7, 11) is 0.163. The summed E-state index contributed by atoms with van der Waals surface area (Å²) in [6, 6.07) is -1.27. The Morgan fingerprint density at radius 3 is 2.34 bits per heavy atom. The van der Waals surface area contributed by atoms with Gasteiger partial charge in [-0.25, -0.2) is 9.59 Å². The average molecular weight is 1160 g/mol. The summed E-state index contributed by atoms with van der Waals surface area (Å²) >= 11 is 0. The van der Waals surface area contributed by atoms with Gasteiger partial charge in [-0.05, 0) is 118 Å². The van der Waals surface area contributed by atoms with Gasteiger partial charge in [0.1, 0.15) is 60.7 Å². The molecule has 1 aliphatic carbocycles. The molecule has 0 aromatic carbocycles. The molecule has 4 fully saturated rings. The highest BCUT2D eigenvalue weighted by atomic mass is 16.7. The zero-order chi connectivity index (χ0) is 63.1. The molecule has 4 heterocycles. The number of carbonyl (C=O) groups excluding carboxylic acids is 5. The number of ketones is 2. The third kappa shape index (κ3) is 18.1. The van der Waals surface area contributed by atoms with Crippen molar-refractivity contribution in [2.45, 2.75) is 211 Å². The molecular weight excluding hydrogens is 1060 g/mol. The van der Waals surface area contributed by atoms with E-state index in [1.165, 1.54) is 14.2 Å². The van der Waals surface area contributed by atoms with E-state index in [0.717, 1.165) is 4.90 Å². The number of fused-ring (bicyclic) bond motifs is 3. The quantitative estimate of drug-likeness (QED) is 0.0602. The largest absolute Gasteiger partial charge is 0.460 e. The summed E-state index contributed by atoms with van der Waals surface area (Å²) in [6.07, 6.45) is 0.159. The van der Waals surface area contributed by atoms with Gasteiger partial charge in [-0.15, -0.1) is 0 Å². The molecule has 0 aromatic heterocycles. The number of rotatable bonds is 12. The van der Waals surface area contributed by atoms with Crippen LogP contribution in [0.25, 0.3) is 0 Å². The number of allylic oxidation sites excluding steroid dienone is 6. The predicted molar refractivity (Wildman–Crippen MR) is 301 cm³/mol. The van der Waals surface area contributed by atoms with E-state index in [4.69, 9.17) is 42.0 Å². The molecule has 464 valence electrons. The fraction of sp³-hybridized carbons (Fsp3) is 0.754. The molecular formula is C61H96N2O19. The van der Waals surface area contributed by atoms with Crippen LogP contribution in [0.1, 0.15) is 130 Å². The molecule has 3 saturated heterocycles. The number of carbonyl (C=O) groups is 5. The molecule has 5 aliphatic rings. The highest BCUT2D eigenvalue weighted by molar-refractivity contribution is 6.39. The van der Waals surface area contributed by atoms with Crippen molar-refractivity contribution < 1.29 is 96.6 Å². The van der Waals surface area contributed by atoms with Gasteiger partial charge in [0.05, 0.1) is 35.6 Å². The number of nitrogens with zero attached hydrogens (tertiary/aromatic N) is 1. The molecule has 2 bridgehead atoms. The minimum Gasteiger partial charge on any atom is -0.460 e. The Kier molecular flexibility index (Phi) is 25.1. The SMILES string of the molecule is [2H]C([2H])([2H])O[C@H]1CC2CC[C@@H](C)C(O)(O2)C(=O)C(=O)N2CCCCC2C(=O)O[C@H]([C@H](C)C[C@@H]2CC[C@@H](OC(=O)NCCOC3OC(CO)C(O)C(O)C3O)[C@H](OC)C2)CC(=O)[C@H](C)/C=C(\C)[C@@H](O)[C@@H](OC)C(=C)[C@H](C)C[C@H](C)/C=C/C=C/C=C/1C. The molecule has 20 atom stereocenters. The van der Waals surface area contributed by atoms with Crippen LogP contribution >= 0.6 is 0 Å². The second kappa shape index (κ2) is 32.3. The van der Waals surface area contributed by atoms with Crippen molar-refractivity contribution in [3.8, 4) is 0 Å². The summed E-state index contributed by atoms with van der Waals surface area (Å²) in [5.41, 5.74) is 1.65. The molecule has 4 aliphatic heterocycles. The highest BCUT2D eigenvalue weighted by Crippen LogP contribution is 2.38. The lowest BCUT2D eigenvalue weighted by molar-refractivity contribution is -0.300. The molecule has 0 aromatic rings. The Labute approximate surface area is 488 Å². The first-order valence-electron chi connectivity index (χ1n) is 30.7. The molecule has 2 amide bonds. The van der Waals surface area contributed by atoms with Crippen LogP contribution in [0.5, 0.6) is 0 Å². The van der Waals surface area contributed by atoms with E-state index < -0.39 is 140 Å². The molecule has 21 nitrogen and oxygen atoms in total. The van der Waals surface area contributed by atoms with E-state index in [0.29, 0.717) is 68.1 Å². The highest BCUT2D eigenvalue weighted by Gasteiger charge is 2.53. The van der Waals surface area contributed by atoms with Crippen LogP contribution in [0.15, 0.2) is 59.8 Å². The molecule has 5 rings (SSSR count). The lowest BCUT2D eigenvalue weighted by Gasteiger charge is -2.42. The molecule has 0 spiro atoms. The van der Waals surface area contributed by atoms with Gasteiger partial charge in [-0.2, -0.15) is 0 Å². The molecule has 7 N–H and O–H groups in total. The van der Waals surface area contributed by atoms with Gasteiger partial charge < -0.3 is 78.8 Å². The van der Waals surface area contributed by atoms with Crippen LogP contribution in [0.4, 0.5) is 4.79 Å². The van der Waals surface area contributed by atoms with Gasteiger partial charge in [-0.1, -0.05) is 77.7 Å². The number of alkyl carbamates (subject to hydrolysis) is 1. The van der Waals surface area contributed by atoms with Crippen molar-refractivity contribution in [3.05, 3.63) is 59.8 Å². The predicted octanol–water partition coefficient (Wildman–Crippen LogP) is 4.72. The zero-order valence-electron chi connectivity index (χ0n) is 52.4. The number of methoxy groups -OCH3 is 3. The summed E-state index contributed by atoms with van der Waals surface area (Å²) in [4.78, 5) is 72.2. The maximum atomic E-state index is 14.7. The number of amides is 2. The Bertz CT molecular complexity index is 2370. The van der Waals surface area contributed by atoms with Crippen molar-refractivity contribution in [2.24, 2.45) is 35.5 Å². The first kappa shape index (κ1) is 63.8. The van der Waals surface area contributed by atoms with Gasteiger partial charge in [0, 0.05) is 59.0 Å². The fourth-order valence-corrected chi connectivity index (χ4v) is 11.9. The van der Waals surface area contributed by atoms with Crippen LogP contribution in [0.3, 0.4) is 0 Å². The maximum absolute atomic E-state index is 14.7. The molecule has 82 heavy (non-hydrogen) atoms. The van der Waals surface area contributed by atoms with Gasteiger partial charge in [0.2, 0.25) is 5.79 Å². The number of ether oxygens (including phenoxy) is 8. The van der Waals surface area contributed by atoms with Crippen LogP contribution in [-0.2, 0) is 57.1 Å². The molecule has 0 radical (unpaired) electrons. The Balaban J connectivity index is 1.38. The van der Waals surface area contributed by atoms with Crippen molar-refractivity contribution >= 4 is 29.5 Å². The van der Waals surface area contributed by atoms with Crippen molar-refractivity contribution in [3.63, 3.8) is 0 Å². The van der Waals surface area contributed by atoms with Crippen LogP contribution in [-0.4, -0.2) is 198 Å². The number of piperidine rings is 1. The van der Waals surface area contributed by atoms with Gasteiger partial charge in [0.15, 0.2) is 6.29 Å². The van der Waals surface area contributed by atoms with Crippen molar-refractivity contribution in [1.82, 2.24) is 10.2 Å². The first-order valence-corrected chi connectivity index (χ1v) is 29.2. The number of aliphatic hydroxyl groups excluding tert-OH is 5. The van der Waals surface area contributed by atoms with E-state index in [-0.39, 0.29) is 68.9 Å². The van der Waals surface area contributed by atoms with E-state index in [2.05, 4.69) is 11.9 Å². The lowest BCUT2D eigenvalue weighted by atomic mass is 9.78. The monoisotopic (exact) mass is 1160 g/mol. The summed E-state index contributed by atoms with van der Waals surface area (Å²) in [5.74, 6) is -8.48. The smallest absolute Gasteiger partial charge is 0.407 e. The van der Waals surface area contributed by atoms with E-state index in [1.807, 2.05) is 32.9 Å². The second-order valence-corrected chi connectivity index (χ2v) is 23.5. The maximum Gasteiger partial charge on any atom is 0.407 e. The molecule has 1 saturated carbocycles. The number of hydrogen-bond donors (Lipinski definition) is 7. The number of Topliss-reactive ketones (excluding diaryl/α,β-unsaturated/α-hetero) is 2. The zero-order valence-corrected chi connectivity index (χ0v) is 49.4. The normalized spacial score (nSPS) is 40.7. The summed E-state index contributed by atoms with van der Waals surface area (Å²) in [6.45, 7) is 16.0. The first-order chi connectivity index (χ1) is 40.0. The number of nitrogens with one attached hydrogen (secondary N) is 1. The van der Waals surface area contributed by atoms with E-state index in [9.17, 15) is 54.6 Å². The average Bonchev–Trinajstić information content (AvgIpc) is 3.03. The van der Waals surface area contributed by atoms with Crippen molar-refractivity contribution in [1.29, 1.82) is 0 Å². The van der Waals surface area contributed by atoms with Gasteiger partial charge >= 0.3 is 12.1 Å². The van der Waals surface area contributed by atoms with Crippen molar-refractivity contribution in [2.75, 3.05) is 47.6 Å². The summed E-state index contributed by atoms with van der Waals surface area (Å²) in [5, 5.41) is 66.3. The topological polar surface area (TPSA) is 296 Å². The number of esters is 1. The third-order valence-electron chi connectivity index (χ3n) is 17.3. The van der Waals surface area contributed by atoms with Crippen LogP contribution in [0, 0.1) is 35.5 Å². The van der Waals surface area contributed by atoms with Crippen LogP contribution < -0.4 is 5.32 Å². The van der Waals surface area contributed by atoms with E-state index in [1.54, 1.807) is 52.0 Å². The number of aliphatic hydroxyl groups is 6. The Morgan fingerprint density at radius 2 is 1.65 bits per heavy atom. The van der Waals surface area contributed by atoms with Gasteiger partial charge in [0.25, 0.3) is 11.7 Å². The standard InChI is InChI=1S/C61H96N2O19/c1-34-17-13-12-14-18-35(2)47(75-9)31-43-22-20-40(7)61(74,82-43)56(70)57(71)63-25-16-15-19-44(63)58(72)79-48(32-45(65)37(4)28-39(6)51(66)55(77-11)41(8)36(3)27-34)38(5)29-42-21-23-46(49(30-42)76-10)81-60(73)62-24-26-78-59-54(69)53(68)52(67)50(33-64)80-59/h12-14,17-18,28,34,36-38,40,42-44,46-55,59,64,66-69,74H,8,15-16,19-27,29-33H2,1-7,9-11H3,(H,62,73)/b14-12+,17-13+,35-18+,39-28+/t34-,36-,37-,38-,40-,42+,43?,44?,46-,47+,48+,49-,50?,51-,52?,53?,54?,55+,59?,61?/m1/s1/i9D3. The van der Waals surface area contributed by atoms with Gasteiger partial charge in [-0.3, -0.25) is 14.4 Å². The van der Waals surface area contributed by atoms with E-state index >= 15 is 0 Å². The molecule has 8 unspecified atom stereocenters. The minimum atomic E-state index is -2.81. The Hall–Kier alpha value is -4.23.